The van der Waals surface area contributed by atoms with E-state index in [0.29, 0.717) is 13.0 Å². The number of carbonyl (C=O) groups excluding carboxylic acids is 1. The summed E-state index contributed by atoms with van der Waals surface area (Å²) in [5.74, 6) is 0.926. The maximum absolute atomic E-state index is 11.6. The number of hydrogen-bond donors (Lipinski definition) is 1. The van der Waals surface area contributed by atoms with Crippen molar-refractivity contribution in [2.45, 2.75) is 26.3 Å². The quantitative estimate of drug-likeness (QED) is 0.876. The van der Waals surface area contributed by atoms with Gasteiger partial charge >= 0.3 is 0 Å². The number of benzene rings is 2. The molecule has 0 atom stereocenters. The van der Waals surface area contributed by atoms with Gasteiger partial charge in [0.1, 0.15) is 5.75 Å². The Balaban J connectivity index is 2.21. The summed E-state index contributed by atoms with van der Waals surface area (Å²) in [7, 11) is 1.66. The highest BCUT2D eigenvalue weighted by molar-refractivity contribution is 5.76. The SMILES string of the molecule is CCCC(=O)NCc1ccccc1-c1cccc(OC)c1. The molecule has 3 heteroatoms. The molecule has 1 amide bonds. The Morgan fingerprint density at radius 1 is 1.14 bits per heavy atom. The molecule has 0 unspecified atom stereocenters. The molecule has 0 saturated heterocycles. The average molecular weight is 283 g/mol. The first kappa shape index (κ1) is 15.1. The summed E-state index contributed by atoms with van der Waals surface area (Å²) >= 11 is 0. The average Bonchev–Trinajstić information content (AvgIpc) is 2.53. The van der Waals surface area contributed by atoms with E-state index in [1.54, 1.807) is 7.11 Å². The summed E-state index contributed by atoms with van der Waals surface area (Å²) in [6.07, 6.45) is 1.44. The van der Waals surface area contributed by atoms with E-state index in [0.717, 1.165) is 28.9 Å². The number of rotatable bonds is 6. The highest BCUT2D eigenvalue weighted by atomic mass is 16.5. The molecule has 0 aromatic heterocycles. The van der Waals surface area contributed by atoms with Gasteiger partial charge in [-0.2, -0.15) is 0 Å². The molecule has 21 heavy (non-hydrogen) atoms. The molecule has 2 aromatic carbocycles. The molecule has 0 bridgehead atoms. The lowest BCUT2D eigenvalue weighted by molar-refractivity contribution is -0.121. The van der Waals surface area contributed by atoms with Crippen molar-refractivity contribution in [2.24, 2.45) is 0 Å². The Morgan fingerprint density at radius 3 is 2.71 bits per heavy atom. The minimum atomic E-state index is 0.0953. The van der Waals surface area contributed by atoms with Gasteiger partial charge in [0.2, 0.25) is 5.91 Å². The highest BCUT2D eigenvalue weighted by Gasteiger charge is 2.07. The van der Waals surface area contributed by atoms with Gasteiger partial charge in [-0.1, -0.05) is 43.3 Å². The van der Waals surface area contributed by atoms with E-state index in [-0.39, 0.29) is 5.91 Å². The van der Waals surface area contributed by atoms with Crippen molar-refractivity contribution >= 4 is 5.91 Å². The summed E-state index contributed by atoms with van der Waals surface area (Å²) in [5.41, 5.74) is 3.32. The van der Waals surface area contributed by atoms with Gasteiger partial charge in [-0.25, -0.2) is 0 Å². The highest BCUT2D eigenvalue weighted by Crippen LogP contribution is 2.26. The van der Waals surface area contributed by atoms with Crippen LogP contribution in [0.2, 0.25) is 0 Å². The van der Waals surface area contributed by atoms with Crippen LogP contribution >= 0.6 is 0 Å². The molecule has 1 N–H and O–H groups in total. The second kappa shape index (κ2) is 7.48. The van der Waals surface area contributed by atoms with E-state index in [1.807, 2.05) is 43.3 Å². The number of hydrogen-bond acceptors (Lipinski definition) is 2. The molecule has 2 rings (SSSR count). The second-order valence-electron chi connectivity index (χ2n) is 4.92. The van der Waals surface area contributed by atoms with E-state index in [4.69, 9.17) is 4.74 Å². The summed E-state index contributed by atoms with van der Waals surface area (Å²) in [6, 6.07) is 16.1. The molecular formula is C18H21NO2. The van der Waals surface area contributed by atoms with Crippen LogP contribution in [0.25, 0.3) is 11.1 Å². The smallest absolute Gasteiger partial charge is 0.220 e. The Morgan fingerprint density at radius 2 is 1.95 bits per heavy atom. The van der Waals surface area contributed by atoms with Crippen LogP contribution in [0.3, 0.4) is 0 Å². The van der Waals surface area contributed by atoms with Gasteiger partial charge in [0.25, 0.3) is 0 Å². The molecule has 0 fully saturated rings. The predicted molar refractivity (Wildman–Crippen MR) is 85.2 cm³/mol. The van der Waals surface area contributed by atoms with Gasteiger partial charge in [-0.3, -0.25) is 4.79 Å². The van der Waals surface area contributed by atoms with Crippen LogP contribution < -0.4 is 10.1 Å². The lowest BCUT2D eigenvalue weighted by Gasteiger charge is -2.11. The van der Waals surface area contributed by atoms with Gasteiger partial charge < -0.3 is 10.1 Å². The molecule has 0 saturated carbocycles. The van der Waals surface area contributed by atoms with Crippen molar-refractivity contribution in [1.82, 2.24) is 5.32 Å². The third-order valence-corrected chi connectivity index (χ3v) is 3.35. The zero-order valence-electron chi connectivity index (χ0n) is 12.6. The van der Waals surface area contributed by atoms with Crippen molar-refractivity contribution < 1.29 is 9.53 Å². The van der Waals surface area contributed by atoms with Crippen LogP contribution in [0.5, 0.6) is 5.75 Å². The van der Waals surface area contributed by atoms with Crippen LogP contribution in [-0.4, -0.2) is 13.0 Å². The molecule has 0 aliphatic carbocycles. The third kappa shape index (κ3) is 4.09. The van der Waals surface area contributed by atoms with Crippen LogP contribution in [-0.2, 0) is 11.3 Å². The number of nitrogens with one attached hydrogen (secondary N) is 1. The minimum absolute atomic E-state index is 0.0953. The zero-order chi connectivity index (χ0) is 15.1. The predicted octanol–water partition coefficient (Wildman–Crippen LogP) is 3.78. The number of amides is 1. The summed E-state index contributed by atoms with van der Waals surface area (Å²) in [6.45, 7) is 2.55. The fourth-order valence-electron chi connectivity index (χ4n) is 2.26. The van der Waals surface area contributed by atoms with Crippen molar-refractivity contribution in [3.05, 3.63) is 54.1 Å². The van der Waals surface area contributed by atoms with Gasteiger partial charge in [0.05, 0.1) is 7.11 Å². The van der Waals surface area contributed by atoms with Gasteiger partial charge in [0.15, 0.2) is 0 Å². The van der Waals surface area contributed by atoms with E-state index >= 15 is 0 Å². The molecule has 2 aromatic rings. The maximum Gasteiger partial charge on any atom is 0.220 e. The van der Waals surface area contributed by atoms with Crippen LogP contribution in [0.1, 0.15) is 25.3 Å². The van der Waals surface area contributed by atoms with Crippen molar-refractivity contribution in [1.29, 1.82) is 0 Å². The van der Waals surface area contributed by atoms with Gasteiger partial charge in [0, 0.05) is 13.0 Å². The normalized spacial score (nSPS) is 10.2. The Hall–Kier alpha value is -2.29. The fourth-order valence-corrected chi connectivity index (χ4v) is 2.26. The van der Waals surface area contributed by atoms with Crippen molar-refractivity contribution in [2.75, 3.05) is 7.11 Å². The Kier molecular flexibility index (Phi) is 5.38. The third-order valence-electron chi connectivity index (χ3n) is 3.35. The Bertz CT molecular complexity index is 608. The fraction of sp³-hybridized carbons (Fsp3) is 0.278. The zero-order valence-corrected chi connectivity index (χ0v) is 12.6. The minimum Gasteiger partial charge on any atom is -0.497 e. The summed E-state index contributed by atoms with van der Waals surface area (Å²) in [5, 5.41) is 2.97. The largest absolute Gasteiger partial charge is 0.497 e. The lowest BCUT2D eigenvalue weighted by Crippen LogP contribution is -2.22. The van der Waals surface area contributed by atoms with Crippen LogP contribution in [0.15, 0.2) is 48.5 Å². The standard InChI is InChI=1S/C18H21NO2/c1-3-7-18(20)19-13-15-8-4-5-11-17(15)14-9-6-10-16(12-14)21-2/h4-6,8-12H,3,7,13H2,1-2H3,(H,19,20). The molecule has 0 aliphatic rings. The van der Waals surface area contributed by atoms with Crippen LogP contribution in [0, 0.1) is 0 Å². The number of ether oxygens (including phenoxy) is 1. The van der Waals surface area contributed by atoms with Crippen molar-refractivity contribution in [3.63, 3.8) is 0 Å². The van der Waals surface area contributed by atoms with E-state index < -0.39 is 0 Å². The first-order valence-corrected chi connectivity index (χ1v) is 7.23. The second-order valence-corrected chi connectivity index (χ2v) is 4.92. The van der Waals surface area contributed by atoms with Crippen molar-refractivity contribution in [3.8, 4) is 16.9 Å². The maximum atomic E-state index is 11.6. The summed E-state index contributed by atoms with van der Waals surface area (Å²) in [4.78, 5) is 11.6. The molecule has 0 heterocycles. The molecular weight excluding hydrogens is 262 g/mol. The topological polar surface area (TPSA) is 38.3 Å². The first-order chi connectivity index (χ1) is 10.2. The van der Waals surface area contributed by atoms with E-state index in [9.17, 15) is 4.79 Å². The molecule has 110 valence electrons. The lowest BCUT2D eigenvalue weighted by atomic mass is 9.99. The molecule has 3 nitrogen and oxygen atoms in total. The number of methoxy groups -OCH3 is 1. The Labute approximate surface area is 126 Å². The molecule has 0 aliphatic heterocycles. The molecule has 0 spiro atoms. The van der Waals surface area contributed by atoms with Crippen LogP contribution in [0.4, 0.5) is 0 Å². The molecule has 0 radical (unpaired) electrons. The van der Waals surface area contributed by atoms with E-state index in [1.165, 1.54) is 0 Å². The summed E-state index contributed by atoms with van der Waals surface area (Å²) < 4.78 is 5.28. The monoisotopic (exact) mass is 283 g/mol. The van der Waals surface area contributed by atoms with Gasteiger partial charge in [-0.05, 0) is 35.2 Å². The first-order valence-electron chi connectivity index (χ1n) is 7.23. The van der Waals surface area contributed by atoms with Gasteiger partial charge in [-0.15, -0.1) is 0 Å². The van der Waals surface area contributed by atoms with E-state index in [2.05, 4.69) is 17.4 Å². The number of carbonyl (C=O) groups is 1.